The molecule has 0 bridgehead atoms. The molecule has 0 rings (SSSR count). The Labute approximate surface area is 285 Å². The molecule has 0 unspecified atom stereocenters. The highest BCUT2D eigenvalue weighted by molar-refractivity contribution is 6.75. The van der Waals surface area contributed by atoms with E-state index in [1.54, 1.807) is 0 Å². The molecule has 0 aromatic rings. The van der Waals surface area contributed by atoms with Crippen LogP contribution in [-0.4, -0.2) is 69.4 Å². The van der Waals surface area contributed by atoms with E-state index in [1.807, 2.05) is 31.2 Å². The Morgan fingerprint density at radius 2 is 0.822 bits per heavy atom. The Kier molecular flexibility index (Phi) is 16.0. The maximum absolute atomic E-state index is 11.5. The van der Waals surface area contributed by atoms with E-state index in [0.29, 0.717) is 6.61 Å². The lowest BCUT2D eigenvalue weighted by Gasteiger charge is -2.44. The summed E-state index contributed by atoms with van der Waals surface area (Å²) in [5, 5.41) is 11.8. The van der Waals surface area contributed by atoms with Crippen LogP contribution in [0.1, 0.15) is 90.0 Å². The maximum atomic E-state index is 11.5. The smallest absolute Gasteiger partial charge is 0.193 e. The van der Waals surface area contributed by atoms with Crippen LogP contribution >= 0.6 is 0 Å². The Hall–Kier alpha value is -0.112. The van der Waals surface area contributed by atoms with Crippen LogP contribution in [0, 0.1) is 0 Å². The van der Waals surface area contributed by atoms with Crippen LogP contribution in [0.25, 0.3) is 0 Å². The van der Waals surface area contributed by atoms with Crippen molar-refractivity contribution in [3.63, 3.8) is 0 Å². The van der Waals surface area contributed by atoms with E-state index >= 15 is 0 Å². The van der Waals surface area contributed by atoms with Crippen LogP contribution < -0.4 is 0 Å². The van der Waals surface area contributed by atoms with Crippen LogP contribution in [0.4, 0.5) is 0 Å². The predicted molar refractivity (Wildman–Crippen MR) is 208 cm³/mol. The summed E-state index contributed by atoms with van der Waals surface area (Å²) in [6.07, 6.45) is 10.2. The Bertz CT molecular complexity index is 987. The molecule has 4 atom stereocenters. The lowest BCUT2D eigenvalue weighted by atomic mass is 10.1. The molecule has 0 saturated heterocycles. The number of hydrogen-bond donors (Lipinski definition) is 1. The van der Waals surface area contributed by atoms with Crippen molar-refractivity contribution in [1.82, 2.24) is 0 Å². The molecule has 266 valence electrons. The lowest BCUT2D eigenvalue weighted by Crippen LogP contribution is -2.51. The standard InChI is InChI=1S/C36H76O5Si4/c1-22-24-30(39-43(16,17)34(5,6)7)29(37)26-27-32(41-45(20,21)36(11,12)13)31(40-44(18,19)35(8,9)10)25-23-28-38-42(14,15)33(2,3)4/h22-27,29-32,37H,28H2,1-21H3/b24-22+,25-23+,27-26+/t29-,30-,31-,32-/m0/s1. The van der Waals surface area contributed by atoms with Gasteiger partial charge in [-0.1, -0.05) is 120 Å². The SMILES string of the molecule is C/C=C/[C@H](O[Si](C)(C)C(C)(C)C)[C@@H](O)/C=C/[C@H](O[Si](C)(C)C(C)(C)C)[C@H](/C=C/CO[Si](C)(C)C(C)(C)C)O[Si](C)(C)C(C)(C)C. The molecular weight excluding hydrogens is 625 g/mol. The van der Waals surface area contributed by atoms with Crippen molar-refractivity contribution in [1.29, 1.82) is 0 Å². The van der Waals surface area contributed by atoms with Crippen LogP contribution in [0.5, 0.6) is 0 Å². The summed E-state index contributed by atoms with van der Waals surface area (Å²) in [6.45, 7) is 47.7. The summed E-state index contributed by atoms with van der Waals surface area (Å²) in [5.74, 6) is 0. The number of aliphatic hydroxyl groups is 1. The molecule has 0 amide bonds. The molecule has 0 aromatic carbocycles. The van der Waals surface area contributed by atoms with E-state index in [4.69, 9.17) is 17.7 Å². The van der Waals surface area contributed by atoms with Gasteiger partial charge in [0.2, 0.25) is 0 Å². The third-order valence-electron chi connectivity index (χ3n) is 10.9. The van der Waals surface area contributed by atoms with Gasteiger partial charge in [0.05, 0.1) is 24.9 Å². The molecule has 45 heavy (non-hydrogen) atoms. The first-order valence-electron chi connectivity index (χ1n) is 17.1. The van der Waals surface area contributed by atoms with Crippen LogP contribution in [-0.2, 0) is 17.7 Å². The summed E-state index contributed by atoms with van der Waals surface area (Å²) < 4.78 is 27.4. The van der Waals surface area contributed by atoms with Crippen molar-refractivity contribution in [3.05, 3.63) is 36.5 Å². The molecule has 9 heteroatoms. The number of allylic oxidation sites excluding steroid dienone is 1. The van der Waals surface area contributed by atoms with Gasteiger partial charge in [-0.3, -0.25) is 0 Å². The van der Waals surface area contributed by atoms with Crippen molar-refractivity contribution in [2.45, 2.75) is 187 Å². The van der Waals surface area contributed by atoms with Gasteiger partial charge in [0.25, 0.3) is 0 Å². The molecular formula is C36H76O5Si4. The van der Waals surface area contributed by atoms with Crippen molar-refractivity contribution in [3.8, 4) is 0 Å². The highest BCUT2D eigenvalue weighted by Crippen LogP contribution is 2.42. The quantitative estimate of drug-likeness (QED) is 0.136. The van der Waals surface area contributed by atoms with Gasteiger partial charge in [0, 0.05) is 0 Å². The van der Waals surface area contributed by atoms with E-state index < -0.39 is 45.5 Å². The van der Waals surface area contributed by atoms with Gasteiger partial charge in [-0.15, -0.1) is 0 Å². The highest BCUT2D eigenvalue weighted by Gasteiger charge is 2.44. The second kappa shape index (κ2) is 16.1. The summed E-state index contributed by atoms with van der Waals surface area (Å²) in [7, 11) is -8.45. The van der Waals surface area contributed by atoms with Crippen molar-refractivity contribution >= 4 is 33.3 Å². The molecule has 0 aliphatic carbocycles. The molecule has 0 spiro atoms. The summed E-state index contributed by atoms with van der Waals surface area (Å²) in [5.41, 5.74) is 0. The molecule has 0 aliphatic rings. The Morgan fingerprint density at radius 1 is 0.489 bits per heavy atom. The minimum atomic E-state index is -2.23. The third-order valence-corrected chi connectivity index (χ3v) is 28.8. The molecule has 0 saturated carbocycles. The largest absolute Gasteiger partial charge is 0.413 e. The molecule has 0 heterocycles. The van der Waals surface area contributed by atoms with Gasteiger partial charge in [-0.25, -0.2) is 0 Å². The van der Waals surface area contributed by atoms with E-state index in [0.717, 1.165) is 0 Å². The zero-order valence-corrected chi connectivity index (χ0v) is 37.6. The summed E-state index contributed by atoms with van der Waals surface area (Å²) >= 11 is 0. The number of aliphatic hydroxyl groups excluding tert-OH is 1. The fourth-order valence-electron chi connectivity index (χ4n) is 3.39. The van der Waals surface area contributed by atoms with Crippen LogP contribution in [0.2, 0.25) is 72.5 Å². The minimum Gasteiger partial charge on any atom is -0.413 e. The van der Waals surface area contributed by atoms with E-state index in [1.165, 1.54) is 0 Å². The average Bonchev–Trinajstić information content (AvgIpc) is 2.80. The summed E-state index contributed by atoms with van der Waals surface area (Å²) in [4.78, 5) is 0. The van der Waals surface area contributed by atoms with Crippen LogP contribution in [0.15, 0.2) is 36.5 Å². The van der Waals surface area contributed by atoms with Gasteiger partial charge >= 0.3 is 0 Å². The topological polar surface area (TPSA) is 57.2 Å². The van der Waals surface area contributed by atoms with Crippen LogP contribution in [0.3, 0.4) is 0 Å². The average molecular weight is 701 g/mol. The van der Waals surface area contributed by atoms with Gasteiger partial charge in [0.15, 0.2) is 33.3 Å². The van der Waals surface area contributed by atoms with E-state index in [2.05, 4.69) is 148 Å². The summed E-state index contributed by atoms with van der Waals surface area (Å²) in [6, 6.07) is 0. The van der Waals surface area contributed by atoms with Crippen molar-refractivity contribution in [2.24, 2.45) is 0 Å². The normalized spacial score (nSPS) is 18.3. The molecule has 0 aromatic heterocycles. The number of hydrogen-bond acceptors (Lipinski definition) is 5. The van der Waals surface area contributed by atoms with Gasteiger partial charge in [-0.05, 0) is 79.5 Å². The second-order valence-electron chi connectivity index (χ2n) is 18.9. The fourth-order valence-corrected chi connectivity index (χ4v) is 8.08. The van der Waals surface area contributed by atoms with Gasteiger partial charge < -0.3 is 22.8 Å². The van der Waals surface area contributed by atoms with Gasteiger partial charge in [-0.2, -0.15) is 0 Å². The zero-order chi connectivity index (χ0) is 36.1. The third kappa shape index (κ3) is 13.7. The minimum absolute atomic E-state index is 0.00726. The van der Waals surface area contributed by atoms with E-state index in [-0.39, 0.29) is 32.4 Å². The molecule has 0 radical (unpaired) electrons. The first-order chi connectivity index (χ1) is 19.7. The highest BCUT2D eigenvalue weighted by atomic mass is 28.4. The number of rotatable bonds is 15. The van der Waals surface area contributed by atoms with E-state index in [9.17, 15) is 5.11 Å². The predicted octanol–water partition coefficient (Wildman–Crippen LogP) is 11.2. The zero-order valence-electron chi connectivity index (χ0n) is 33.6. The van der Waals surface area contributed by atoms with Crippen molar-refractivity contribution in [2.75, 3.05) is 6.61 Å². The lowest BCUT2D eigenvalue weighted by molar-refractivity contribution is 0.0796. The second-order valence-corrected chi connectivity index (χ2v) is 38.0. The maximum Gasteiger partial charge on any atom is 0.193 e. The molecule has 5 nitrogen and oxygen atoms in total. The van der Waals surface area contributed by atoms with Crippen molar-refractivity contribution < 1.29 is 22.8 Å². The first kappa shape index (κ1) is 44.9. The molecule has 0 aliphatic heterocycles. The Balaban J connectivity index is 6.85. The Morgan fingerprint density at radius 3 is 1.16 bits per heavy atom. The molecule has 0 fully saturated rings. The molecule has 1 N–H and O–H groups in total. The monoisotopic (exact) mass is 700 g/mol. The fraction of sp³-hybridized carbons (Fsp3) is 0.833. The first-order valence-corrected chi connectivity index (χ1v) is 28.7. The van der Waals surface area contributed by atoms with Gasteiger partial charge in [0.1, 0.15) is 6.10 Å².